The zero-order valence-corrected chi connectivity index (χ0v) is 15.1. The average molecular weight is 319 g/mol. The van der Waals surface area contributed by atoms with Gasteiger partial charge < -0.3 is 5.11 Å². The number of sulfone groups is 1. The van der Waals surface area contributed by atoms with E-state index in [1.807, 2.05) is 0 Å². The van der Waals surface area contributed by atoms with Gasteiger partial charge in [0.15, 0.2) is 9.84 Å². The van der Waals surface area contributed by atoms with Crippen LogP contribution in [0.3, 0.4) is 0 Å². The van der Waals surface area contributed by atoms with Crippen LogP contribution >= 0.6 is 0 Å². The van der Waals surface area contributed by atoms with Crippen LogP contribution in [0.1, 0.15) is 79.1 Å². The Morgan fingerprint density at radius 1 is 1.19 bits per heavy atom. The van der Waals surface area contributed by atoms with Crippen molar-refractivity contribution in [3.63, 3.8) is 0 Å². The Labute approximate surface area is 131 Å². The van der Waals surface area contributed by atoms with Crippen LogP contribution in [0, 0.1) is 11.3 Å². The molecule has 0 bridgehead atoms. The van der Waals surface area contributed by atoms with Gasteiger partial charge in [-0.1, -0.05) is 26.2 Å². The van der Waals surface area contributed by atoms with Crippen molar-refractivity contribution in [2.75, 3.05) is 12.4 Å². The Morgan fingerprint density at radius 3 is 2.19 bits per heavy atom. The Morgan fingerprint density at radius 2 is 1.76 bits per heavy atom. The van der Waals surface area contributed by atoms with E-state index in [2.05, 4.69) is 6.92 Å². The smallest absolute Gasteiger partial charge is 0.155 e. The van der Waals surface area contributed by atoms with E-state index >= 15 is 0 Å². The van der Waals surface area contributed by atoms with Crippen LogP contribution in [0.25, 0.3) is 0 Å². The van der Waals surface area contributed by atoms with Crippen LogP contribution in [0.2, 0.25) is 0 Å². The minimum Gasteiger partial charge on any atom is -0.396 e. The third-order valence-electron chi connectivity index (χ3n) is 5.30. The molecule has 0 radical (unpaired) electrons. The average Bonchev–Trinajstić information content (AvgIpc) is 2.43. The molecule has 126 valence electrons. The van der Waals surface area contributed by atoms with Gasteiger partial charge in [-0.3, -0.25) is 0 Å². The Hall–Kier alpha value is -0.0900. The lowest BCUT2D eigenvalue weighted by Gasteiger charge is -2.39. The van der Waals surface area contributed by atoms with Crippen molar-refractivity contribution in [3.05, 3.63) is 0 Å². The highest BCUT2D eigenvalue weighted by Gasteiger charge is 2.37. The summed E-state index contributed by atoms with van der Waals surface area (Å²) in [5.74, 6) is 0.986. The summed E-state index contributed by atoms with van der Waals surface area (Å²) in [6.07, 6.45) is 8.70. The predicted molar refractivity (Wildman–Crippen MR) is 89.2 cm³/mol. The molecule has 0 heterocycles. The molecular formula is C17H34O3S. The molecule has 1 rings (SSSR count). The molecule has 0 saturated heterocycles. The van der Waals surface area contributed by atoms with Gasteiger partial charge in [0.05, 0.1) is 10.5 Å². The highest BCUT2D eigenvalue weighted by atomic mass is 32.2. The van der Waals surface area contributed by atoms with E-state index in [0.717, 1.165) is 31.6 Å². The SMILES string of the molecule is CCCCC1CCC(CO)(CCS(=O)(=O)C(C)(C)C)CC1. The molecule has 3 nitrogen and oxygen atoms in total. The van der Waals surface area contributed by atoms with Crippen LogP contribution in [0.4, 0.5) is 0 Å². The lowest BCUT2D eigenvalue weighted by Crippen LogP contribution is -2.37. The van der Waals surface area contributed by atoms with Gasteiger partial charge in [0.25, 0.3) is 0 Å². The van der Waals surface area contributed by atoms with Crippen molar-refractivity contribution in [3.8, 4) is 0 Å². The molecule has 0 aromatic rings. The summed E-state index contributed by atoms with van der Waals surface area (Å²) in [6, 6.07) is 0. The maximum Gasteiger partial charge on any atom is 0.155 e. The highest BCUT2D eigenvalue weighted by Crippen LogP contribution is 2.43. The highest BCUT2D eigenvalue weighted by molar-refractivity contribution is 7.92. The van der Waals surface area contributed by atoms with Crippen molar-refractivity contribution in [1.82, 2.24) is 0 Å². The number of unbranched alkanes of at least 4 members (excludes halogenated alkanes) is 1. The van der Waals surface area contributed by atoms with Crippen molar-refractivity contribution in [1.29, 1.82) is 0 Å². The first-order valence-corrected chi connectivity index (χ1v) is 10.1. The second-order valence-corrected chi connectivity index (χ2v) is 10.8. The zero-order valence-electron chi connectivity index (χ0n) is 14.3. The molecule has 0 aromatic carbocycles. The molecule has 0 spiro atoms. The van der Waals surface area contributed by atoms with E-state index in [0.29, 0.717) is 6.42 Å². The lowest BCUT2D eigenvalue weighted by molar-refractivity contribution is 0.0590. The molecule has 0 unspecified atom stereocenters. The van der Waals surface area contributed by atoms with E-state index in [1.165, 1.54) is 19.3 Å². The fraction of sp³-hybridized carbons (Fsp3) is 1.00. The number of aliphatic hydroxyl groups excluding tert-OH is 1. The second kappa shape index (κ2) is 7.45. The van der Waals surface area contributed by atoms with Gasteiger partial charge in [-0.2, -0.15) is 0 Å². The minimum atomic E-state index is -3.08. The third kappa shape index (κ3) is 5.24. The Bertz CT molecular complexity index is 398. The molecule has 0 amide bonds. The summed E-state index contributed by atoms with van der Waals surface area (Å²) in [5.41, 5.74) is -0.152. The predicted octanol–water partition coefficient (Wildman–Crippen LogP) is 3.95. The van der Waals surface area contributed by atoms with E-state index in [4.69, 9.17) is 0 Å². The van der Waals surface area contributed by atoms with Crippen LogP contribution < -0.4 is 0 Å². The first-order valence-electron chi connectivity index (χ1n) is 8.49. The van der Waals surface area contributed by atoms with Gasteiger partial charge in [0.1, 0.15) is 0 Å². The van der Waals surface area contributed by atoms with Gasteiger partial charge in [0.2, 0.25) is 0 Å². The summed E-state index contributed by atoms with van der Waals surface area (Å²) in [5, 5.41) is 9.81. The summed E-state index contributed by atoms with van der Waals surface area (Å²) in [4.78, 5) is 0. The Balaban J connectivity index is 2.56. The molecule has 0 aromatic heterocycles. The minimum absolute atomic E-state index is 0.132. The fourth-order valence-electron chi connectivity index (χ4n) is 3.22. The maximum absolute atomic E-state index is 12.3. The summed E-state index contributed by atoms with van der Waals surface area (Å²) in [6.45, 7) is 7.63. The lowest BCUT2D eigenvalue weighted by atomic mass is 9.68. The maximum atomic E-state index is 12.3. The van der Waals surface area contributed by atoms with Crippen molar-refractivity contribution < 1.29 is 13.5 Å². The summed E-state index contributed by atoms with van der Waals surface area (Å²) in [7, 11) is -3.08. The van der Waals surface area contributed by atoms with E-state index < -0.39 is 14.6 Å². The fourth-order valence-corrected chi connectivity index (χ4v) is 4.53. The van der Waals surface area contributed by atoms with Crippen LogP contribution in [-0.4, -0.2) is 30.6 Å². The molecule has 1 fully saturated rings. The summed E-state index contributed by atoms with van der Waals surface area (Å²) >= 11 is 0. The zero-order chi connectivity index (χ0) is 16.1. The van der Waals surface area contributed by atoms with Crippen LogP contribution in [-0.2, 0) is 9.84 Å². The monoisotopic (exact) mass is 318 g/mol. The van der Waals surface area contributed by atoms with E-state index in [1.54, 1.807) is 20.8 Å². The van der Waals surface area contributed by atoms with Crippen LogP contribution in [0.15, 0.2) is 0 Å². The molecule has 21 heavy (non-hydrogen) atoms. The standard InChI is InChI=1S/C17H34O3S/c1-5-6-7-15-8-10-17(14-18,11-9-15)12-13-21(19,20)16(2,3)4/h15,18H,5-14H2,1-4H3. The first-order chi connectivity index (χ1) is 9.66. The molecular weight excluding hydrogens is 284 g/mol. The largest absolute Gasteiger partial charge is 0.396 e. The van der Waals surface area contributed by atoms with Gasteiger partial charge >= 0.3 is 0 Å². The van der Waals surface area contributed by atoms with Gasteiger partial charge in [-0.25, -0.2) is 8.42 Å². The topological polar surface area (TPSA) is 54.4 Å². The number of hydrogen-bond donors (Lipinski definition) is 1. The first kappa shape index (κ1) is 19.0. The molecule has 1 saturated carbocycles. The van der Waals surface area contributed by atoms with Gasteiger partial charge in [-0.05, 0) is 64.2 Å². The normalized spacial score (nSPS) is 27.8. The number of rotatable bonds is 7. The van der Waals surface area contributed by atoms with E-state index in [-0.39, 0.29) is 17.8 Å². The summed E-state index contributed by atoms with van der Waals surface area (Å²) < 4.78 is 23.9. The number of aliphatic hydroxyl groups is 1. The molecule has 1 aliphatic rings. The van der Waals surface area contributed by atoms with Crippen molar-refractivity contribution in [2.24, 2.45) is 11.3 Å². The molecule has 1 aliphatic carbocycles. The quantitative estimate of drug-likeness (QED) is 0.773. The van der Waals surface area contributed by atoms with Gasteiger partial charge in [-0.15, -0.1) is 0 Å². The molecule has 1 N–H and O–H groups in total. The van der Waals surface area contributed by atoms with Crippen molar-refractivity contribution >= 4 is 9.84 Å². The third-order valence-corrected chi connectivity index (χ3v) is 7.91. The molecule has 4 heteroatoms. The molecule has 0 aliphatic heterocycles. The van der Waals surface area contributed by atoms with Gasteiger partial charge in [0, 0.05) is 6.61 Å². The number of hydrogen-bond acceptors (Lipinski definition) is 3. The molecule has 0 atom stereocenters. The van der Waals surface area contributed by atoms with Crippen LogP contribution in [0.5, 0.6) is 0 Å². The second-order valence-electron chi connectivity index (χ2n) is 7.92. The van der Waals surface area contributed by atoms with Crippen molar-refractivity contribution in [2.45, 2.75) is 83.8 Å². The van der Waals surface area contributed by atoms with E-state index in [9.17, 15) is 13.5 Å². The Kier molecular flexibility index (Phi) is 6.73.